The molecule has 1 N–H and O–H groups in total. The molecule has 4 aromatic rings. The second-order valence-electron chi connectivity index (χ2n) is 6.17. The van der Waals surface area contributed by atoms with Gasteiger partial charge in [-0.05, 0) is 58.7 Å². The Hall–Kier alpha value is -3.03. The molecule has 0 bridgehead atoms. The summed E-state index contributed by atoms with van der Waals surface area (Å²) in [4.78, 5) is 0. The van der Waals surface area contributed by atoms with E-state index in [2.05, 4.69) is 72.0 Å². The van der Waals surface area contributed by atoms with Crippen LogP contribution in [0.4, 0.5) is 11.4 Å². The maximum Gasteiger partial charge on any atom is 0.0426 e. The van der Waals surface area contributed by atoms with Crippen molar-refractivity contribution in [2.45, 2.75) is 0 Å². The van der Waals surface area contributed by atoms with E-state index in [4.69, 9.17) is 11.6 Å². The molecule has 26 heavy (non-hydrogen) atoms. The molecule has 0 fully saturated rings. The van der Waals surface area contributed by atoms with E-state index in [1.165, 1.54) is 22.3 Å². The van der Waals surface area contributed by atoms with E-state index in [-0.39, 0.29) is 0 Å². The predicted molar refractivity (Wildman–Crippen MR) is 112 cm³/mol. The molecule has 0 aliphatic rings. The number of benzene rings is 4. The van der Waals surface area contributed by atoms with Crippen LogP contribution < -0.4 is 5.32 Å². The first kappa shape index (κ1) is 16.4. The molecule has 0 saturated carbocycles. The Morgan fingerprint density at radius 1 is 0.462 bits per heavy atom. The van der Waals surface area contributed by atoms with Crippen LogP contribution in [0.25, 0.3) is 22.3 Å². The zero-order valence-corrected chi connectivity index (χ0v) is 14.9. The van der Waals surface area contributed by atoms with Gasteiger partial charge >= 0.3 is 0 Å². The molecule has 1 nitrogen and oxygen atoms in total. The molecule has 0 amide bonds. The monoisotopic (exact) mass is 355 g/mol. The molecular weight excluding hydrogens is 338 g/mol. The standard InChI is InChI=1S/C24H18ClN/c25-22-12-7-13-23(17-22)26-24-15-20(18-8-3-1-4-9-18)14-21(16-24)19-10-5-2-6-11-19/h1-17,26H. The van der Waals surface area contributed by atoms with Crippen molar-refractivity contribution in [3.63, 3.8) is 0 Å². The second kappa shape index (κ2) is 7.47. The van der Waals surface area contributed by atoms with Crippen LogP contribution in [-0.4, -0.2) is 0 Å². The molecular formula is C24H18ClN. The van der Waals surface area contributed by atoms with Crippen molar-refractivity contribution >= 4 is 23.0 Å². The summed E-state index contributed by atoms with van der Waals surface area (Å²) in [6, 6.07) is 35.2. The van der Waals surface area contributed by atoms with Crippen LogP contribution in [-0.2, 0) is 0 Å². The van der Waals surface area contributed by atoms with Gasteiger partial charge in [0.05, 0.1) is 0 Å². The molecule has 0 heterocycles. The number of hydrogen-bond donors (Lipinski definition) is 1. The van der Waals surface area contributed by atoms with E-state index in [1.807, 2.05) is 36.4 Å². The smallest absolute Gasteiger partial charge is 0.0426 e. The van der Waals surface area contributed by atoms with Gasteiger partial charge in [0, 0.05) is 16.4 Å². The summed E-state index contributed by atoms with van der Waals surface area (Å²) in [5, 5.41) is 4.20. The highest BCUT2D eigenvalue weighted by Crippen LogP contribution is 2.32. The quantitative estimate of drug-likeness (QED) is 0.401. The number of hydrogen-bond acceptors (Lipinski definition) is 1. The van der Waals surface area contributed by atoms with E-state index in [0.717, 1.165) is 16.4 Å². The molecule has 0 radical (unpaired) electrons. The first-order valence-electron chi connectivity index (χ1n) is 8.56. The van der Waals surface area contributed by atoms with E-state index in [1.54, 1.807) is 0 Å². The van der Waals surface area contributed by atoms with E-state index in [9.17, 15) is 0 Å². The van der Waals surface area contributed by atoms with Gasteiger partial charge in [-0.15, -0.1) is 0 Å². The normalized spacial score (nSPS) is 10.5. The molecule has 0 spiro atoms. The van der Waals surface area contributed by atoms with Gasteiger partial charge in [-0.3, -0.25) is 0 Å². The third kappa shape index (κ3) is 3.79. The van der Waals surface area contributed by atoms with Crippen LogP contribution in [0, 0.1) is 0 Å². The van der Waals surface area contributed by atoms with Crippen LogP contribution in [0.1, 0.15) is 0 Å². The van der Waals surface area contributed by atoms with Gasteiger partial charge in [-0.25, -0.2) is 0 Å². The lowest BCUT2D eigenvalue weighted by Crippen LogP contribution is -1.92. The third-order valence-electron chi connectivity index (χ3n) is 4.26. The van der Waals surface area contributed by atoms with Gasteiger partial charge < -0.3 is 5.32 Å². The van der Waals surface area contributed by atoms with E-state index >= 15 is 0 Å². The average molecular weight is 356 g/mol. The van der Waals surface area contributed by atoms with Crippen molar-refractivity contribution in [3.8, 4) is 22.3 Å². The summed E-state index contributed by atoms with van der Waals surface area (Å²) in [6.45, 7) is 0. The summed E-state index contributed by atoms with van der Waals surface area (Å²) in [7, 11) is 0. The lowest BCUT2D eigenvalue weighted by atomic mass is 9.98. The van der Waals surface area contributed by atoms with Crippen molar-refractivity contribution in [3.05, 3.63) is 108 Å². The van der Waals surface area contributed by atoms with Crippen molar-refractivity contribution in [1.29, 1.82) is 0 Å². The maximum atomic E-state index is 6.13. The summed E-state index contributed by atoms with van der Waals surface area (Å²) in [5.74, 6) is 0. The molecule has 4 rings (SSSR count). The third-order valence-corrected chi connectivity index (χ3v) is 4.50. The Kier molecular flexibility index (Phi) is 4.72. The van der Waals surface area contributed by atoms with Gasteiger partial charge in [0.2, 0.25) is 0 Å². The molecule has 0 saturated heterocycles. The highest BCUT2D eigenvalue weighted by atomic mass is 35.5. The predicted octanol–water partition coefficient (Wildman–Crippen LogP) is 7.42. The second-order valence-corrected chi connectivity index (χ2v) is 6.60. The molecule has 0 aliphatic carbocycles. The highest BCUT2D eigenvalue weighted by Gasteiger charge is 2.06. The Bertz CT molecular complexity index is 953. The van der Waals surface area contributed by atoms with Crippen LogP contribution in [0.2, 0.25) is 5.02 Å². The summed E-state index contributed by atoms with van der Waals surface area (Å²) >= 11 is 6.13. The lowest BCUT2D eigenvalue weighted by molar-refractivity contribution is 1.53. The van der Waals surface area contributed by atoms with Gasteiger partial charge in [-0.2, -0.15) is 0 Å². The van der Waals surface area contributed by atoms with Crippen molar-refractivity contribution in [1.82, 2.24) is 0 Å². The van der Waals surface area contributed by atoms with E-state index < -0.39 is 0 Å². The first-order valence-corrected chi connectivity index (χ1v) is 8.94. The number of nitrogens with one attached hydrogen (secondary N) is 1. The fraction of sp³-hybridized carbons (Fsp3) is 0. The molecule has 0 atom stereocenters. The van der Waals surface area contributed by atoms with Gasteiger partial charge in [0.1, 0.15) is 0 Å². The lowest BCUT2D eigenvalue weighted by Gasteiger charge is -2.13. The average Bonchev–Trinajstić information content (AvgIpc) is 2.69. The molecule has 126 valence electrons. The van der Waals surface area contributed by atoms with Crippen LogP contribution in [0.15, 0.2) is 103 Å². The highest BCUT2D eigenvalue weighted by molar-refractivity contribution is 6.30. The minimum absolute atomic E-state index is 0.720. The summed E-state index contributed by atoms with van der Waals surface area (Å²) < 4.78 is 0. The molecule has 4 aromatic carbocycles. The topological polar surface area (TPSA) is 12.0 Å². The van der Waals surface area contributed by atoms with Crippen LogP contribution >= 0.6 is 11.6 Å². The number of halogens is 1. The SMILES string of the molecule is Clc1cccc(Nc2cc(-c3ccccc3)cc(-c3ccccc3)c2)c1. The van der Waals surface area contributed by atoms with Crippen molar-refractivity contribution in [2.75, 3.05) is 5.32 Å². The van der Waals surface area contributed by atoms with Crippen LogP contribution in [0.5, 0.6) is 0 Å². The van der Waals surface area contributed by atoms with Gasteiger partial charge in [0.15, 0.2) is 0 Å². The molecule has 0 unspecified atom stereocenters. The molecule has 0 aliphatic heterocycles. The number of anilines is 2. The first-order chi connectivity index (χ1) is 12.8. The van der Waals surface area contributed by atoms with Gasteiger partial charge in [0.25, 0.3) is 0 Å². The number of rotatable bonds is 4. The minimum atomic E-state index is 0.720. The Labute approximate surface area is 158 Å². The fourth-order valence-electron chi connectivity index (χ4n) is 3.03. The maximum absolute atomic E-state index is 6.13. The zero-order valence-electron chi connectivity index (χ0n) is 14.2. The fourth-order valence-corrected chi connectivity index (χ4v) is 3.22. The molecule has 0 aromatic heterocycles. The Morgan fingerprint density at radius 3 is 1.58 bits per heavy atom. The summed E-state index contributed by atoms with van der Waals surface area (Å²) in [6.07, 6.45) is 0. The Balaban J connectivity index is 1.80. The Morgan fingerprint density at radius 2 is 1.04 bits per heavy atom. The molecule has 2 heteroatoms. The van der Waals surface area contributed by atoms with Crippen LogP contribution in [0.3, 0.4) is 0 Å². The summed E-state index contributed by atoms with van der Waals surface area (Å²) in [5.41, 5.74) is 6.75. The van der Waals surface area contributed by atoms with E-state index in [0.29, 0.717) is 0 Å². The van der Waals surface area contributed by atoms with Crippen molar-refractivity contribution in [2.24, 2.45) is 0 Å². The van der Waals surface area contributed by atoms with Crippen molar-refractivity contribution < 1.29 is 0 Å². The van der Waals surface area contributed by atoms with Gasteiger partial charge in [-0.1, -0.05) is 78.3 Å². The zero-order chi connectivity index (χ0) is 17.8. The largest absolute Gasteiger partial charge is 0.355 e. The minimum Gasteiger partial charge on any atom is -0.355 e.